The molecule has 2 aromatic heterocycles. The summed E-state index contributed by atoms with van der Waals surface area (Å²) in [4.78, 5) is 22.1. The van der Waals surface area contributed by atoms with Gasteiger partial charge in [0.2, 0.25) is 5.91 Å². The molecule has 1 amide bonds. The largest absolute Gasteiger partial charge is 0.453 e. The zero-order chi connectivity index (χ0) is 22.8. The first kappa shape index (κ1) is 22.7. The van der Waals surface area contributed by atoms with E-state index >= 15 is 0 Å². The number of aromatic nitrogens is 4. The van der Waals surface area contributed by atoms with E-state index in [0.717, 1.165) is 17.5 Å². The highest BCUT2D eigenvalue weighted by molar-refractivity contribution is 5.90. The average molecular weight is 434 g/mol. The van der Waals surface area contributed by atoms with Crippen molar-refractivity contribution < 1.29 is 18.0 Å². The summed E-state index contributed by atoms with van der Waals surface area (Å²) in [7, 11) is 4.03. The topological polar surface area (TPSA) is 75.4 Å². The second-order valence-electron chi connectivity index (χ2n) is 7.70. The first-order valence-corrected chi connectivity index (χ1v) is 9.88. The standard InChI is InChI=1S/C21H25F3N6O/c1-13-17(14(2)30-20(25-13)27-19(28-30)21(22,23)24)9-10-18(31)26-16-7-5-15(6-8-16)11-12-29(3)4/h5-8H,9-12H2,1-4H3,(H,26,31). The van der Waals surface area contributed by atoms with Crippen molar-refractivity contribution in [2.75, 3.05) is 26.0 Å². The summed E-state index contributed by atoms with van der Waals surface area (Å²) in [5.41, 5.74) is 3.59. The van der Waals surface area contributed by atoms with E-state index in [-0.39, 0.29) is 18.1 Å². The Hall–Kier alpha value is -3.01. The first-order valence-electron chi connectivity index (χ1n) is 9.88. The third-order valence-electron chi connectivity index (χ3n) is 4.99. The SMILES string of the molecule is Cc1nc2nc(C(F)(F)F)nn2c(C)c1CCC(=O)Nc1ccc(CCN(C)C)cc1. The number of carbonyl (C=O) groups is 1. The summed E-state index contributed by atoms with van der Waals surface area (Å²) in [5, 5.41) is 6.38. The molecule has 0 fully saturated rings. The molecule has 3 rings (SSSR count). The van der Waals surface area contributed by atoms with Gasteiger partial charge in [-0.1, -0.05) is 12.1 Å². The second-order valence-corrected chi connectivity index (χ2v) is 7.70. The summed E-state index contributed by atoms with van der Waals surface area (Å²) < 4.78 is 39.8. The molecule has 0 saturated carbocycles. The first-order chi connectivity index (χ1) is 14.5. The van der Waals surface area contributed by atoms with Crippen LogP contribution in [0.2, 0.25) is 0 Å². The lowest BCUT2D eigenvalue weighted by Crippen LogP contribution is -2.15. The molecule has 1 aromatic carbocycles. The van der Waals surface area contributed by atoms with Crippen LogP contribution in [0.4, 0.5) is 18.9 Å². The Morgan fingerprint density at radius 3 is 2.39 bits per heavy atom. The molecule has 0 atom stereocenters. The molecule has 0 aliphatic rings. The van der Waals surface area contributed by atoms with Crippen LogP contribution in [-0.4, -0.2) is 51.0 Å². The minimum Gasteiger partial charge on any atom is -0.326 e. The van der Waals surface area contributed by atoms with Gasteiger partial charge < -0.3 is 10.2 Å². The Morgan fingerprint density at radius 1 is 1.10 bits per heavy atom. The maximum absolute atomic E-state index is 12.9. The van der Waals surface area contributed by atoms with Crippen molar-refractivity contribution in [1.29, 1.82) is 0 Å². The number of amides is 1. The molecule has 0 spiro atoms. The van der Waals surface area contributed by atoms with E-state index in [4.69, 9.17) is 0 Å². The number of hydrogen-bond acceptors (Lipinski definition) is 5. The molecule has 166 valence electrons. The number of nitrogens with one attached hydrogen (secondary N) is 1. The lowest BCUT2D eigenvalue weighted by atomic mass is 10.1. The van der Waals surface area contributed by atoms with Gasteiger partial charge in [0, 0.05) is 30.0 Å². The fraction of sp³-hybridized carbons (Fsp3) is 0.429. The van der Waals surface area contributed by atoms with Crippen LogP contribution in [0.3, 0.4) is 0 Å². The predicted molar refractivity (Wildman–Crippen MR) is 111 cm³/mol. The van der Waals surface area contributed by atoms with Crippen molar-refractivity contribution in [3.05, 3.63) is 52.6 Å². The molecule has 31 heavy (non-hydrogen) atoms. The zero-order valence-electron chi connectivity index (χ0n) is 17.9. The van der Waals surface area contributed by atoms with Crippen molar-refractivity contribution in [3.63, 3.8) is 0 Å². The number of benzene rings is 1. The highest BCUT2D eigenvalue weighted by Gasteiger charge is 2.36. The van der Waals surface area contributed by atoms with Gasteiger partial charge in [0.15, 0.2) is 0 Å². The molecule has 0 aliphatic heterocycles. The molecule has 10 heteroatoms. The van der Waals surface area contributed by atoms with Gasteiger partial charge in [-0.25, -0.2) is 9.50 Å². The van der Waals surface area contributed by atoms with Crippen molar-refractivity contribution in [2.24, 2.45) is 0 Å². The Balaban J connectivity index is 1.66. The van der Waals surface area contributed by atoms with Crippen LogP contribution >= 0.6 is 0 Å². The van der Waals surface area contributed by atoms with E-state index in [0.29, 0.717) is 29.1 Å². The van der Waals surface area contributed by atoms with Crippen molar-refractivity contribution in [1.82, 2.24) is 24.5 Å². The maximum Gasteiger partial charge on any atom is 0.453 e. The second kappa shape index (κ2) is 9.01. The van der Waals surface area contributed by atoms with Crippen molar-refractivity contribution in [3.8, 4) is 0 Å². The number of halogens is 3. The molecule has 0 unspecified atom stereocenters. The number of carbonyl (C=O) groups excluding carboxylic acids is 1. The number of rotatable bonds is 7. The average Bonchev–Trinajstić information content (AvgIpc) is 3.12. The van der Waals surface area contributed by atoms with Gasteiger partial charge in [-0.15, -0.1) is 5.10 Å². The molecule has 7 nitrogen and oxygen atoms in total. The van der Waals surface area contributed by atoms with Gasteiger partial charge in [-0.3, -0.25) is 4.79 Å². The number of anilines is 1. The molecule has 1 N–H and O–H groups in total. The van der Waals surface area contributed by atoms with Crippen LogP contribution in [0.5, 0.6) is 0 Å². The Labute approximate surface area is 178 Å². The lowest BCUT2D eigenvalue weighted by molar-refractivity contribution is -0.144. The molecular weight excluding hydrogens is 409 g/mol. The highest BCUT2D eigenvalue weighted by atomic mass is 19.4. The molecule has 3 aromatic rings. The molecule has 0 aliphatic carbocycles. The quantitative estimate of drug-likeness (QED) is 0.617. The number of aryl methyl sites for hydroxylation is 2. The molecule has 0 radical (unpaired) electrons. The van der Waals surface area contributed by atoms with Gasteiger partial charge in [0.25, 0.3) is 11.6 Å². The van der Waals surface area contributed by atoms with Crippen LogP contribution in [0.25, 0.3) is 5.78 Å². The van der Waals surface area contributed by atoms with Crippen LogP contribution in [0, 0.1) is 13.8 Å². The number of alkyl halides is 3. The van der Waals surface area contributed by atoms with Crippen molar-refractivity contribution in [2.45, 2.75) is 39.3 Å². The number of likely N-dealkylation sites (N-methyl/N-ethyl adjacent to an activating group) is 1. The Morgan fingerprint density at radius 2 is 1.77 bits per heavy atom. The normalized spacial score (nSPS) is 12.0. The zero-order valence-corrected chi connectivity index (χ0v) is 17.9. The van der Waals surface area contributed by atoms with Gasteiger partial charge >= 0.3 is 6.18 Å². The van der Waals surface area contributed by atoms with Gasteiger partial charge in [0.1, 0.15) is 0 Å². The lowest BCUT2D eigenvalue weighted by Gasteiger charge is -2.11. The van der Waals surface area contributed by atoms with Crippen molar-refractivity contribution >= 4 is 17.4 Å². The summed E-state index contributed by atoms with van der Waals surface area (Å²) in [6.45, 7) is 4.28. The van der Waals surface area contributed by atoms with Crippen LogP contribution < -0.4 is 5.32 Å². The van der Waals surface area contributed by atoms with E-state index in [1.54, 1.807) is 13.8 Å². The predicted octanol–water partition coefficient (Wildman–Crippen LogP) is 3.44. The van der Waals surface area contributed by atoms with E-state index < -0.39 is 12.0 Å². The molecule has 0 bridgehead atoms. The fourth-order valence-electron chi connectivity index (χ4n) is 3.26. The summed E-state index contributed by atoms with van der Waals surface area (Å²) >= 11 is 0. The van der Waals surface area contributed by atoms with E-state index in [1.165, 1.54) is 5.56 Å². The third-order valence-corrected chi connectivity index (χ3v) is 4.99. The Bertz CT molecular complexity index is 1070. The third kappa shape index (κ3) is 5.57. The molecular formula is C21H25F3N6O. The minimum atomic E-state index is -4.64. The summed E-state index contributed by atoms with van der Waals surface area (Å²) in [5.74, 6) is -1.52. The monoisotopic (exact) mass is 434 g/mol. The Kier molecular flexibility index (Phi) is 6.59. The number of hydrogen-bond donors (Lipinski definition) is 1. The summed E-state index contributed by atoms with van der Waals surface area (Å²) in [6.07, 6.45) is -3.23. The number of fused-ring (bicyclic) bond motifs is 1. The van der Waals surface area contributed by atoms with Gasteiger partial charge in [-0.2, -0.15) is 18.2 Å². The minimum absolute atomic E-state index is 0.107. The highest BCUT2D eigenvalue weighted by Crippen LogP contribution is 2.27. The van der Waals surface area contributed by atoms with Crippen LogP contribution in [0.1, 0.15) is 34.8 Å². The van der Waals surface area contributed by atoms with Crippen LogP contribution in [0.15, 0.2) is 24.3 Å². The maximum atomic E-state index is 12.9. The van der Waals surface area contributed by atoms with Crippen LogP contribution in [-0.2, 0) is 23.8 Å². The van der Waals surface area contributed by atoms with E-state index in [2.05, 4.69) is 25.3 Å². The smallest absolute Gasteiger partial charge is 0.326 e. The van der Waals surface area contributed by atoms with Gasteiger partial charge in [0.05, 0.1) is 0 Å². The summed E-state index contributed by atoms with van der Waals surface area (Å²) in [6, 6.07) is 7.69. The fourth-order valence-corrected chi connectivity index (χ4v) is 3.26. The molecule has 2 heterocycles. The van der Waals surface area contributed by atoms with E-state index in [9.17, 15) is 18.0 Å². The van der Waals surface area contributed by atoms with Gasteiger partial charge in [-0.05, 0) is 64.0 Å². The number of nitrogens with zero attached hydrogens (tertiary/aromatic N) is 5. The van der Waals surface area contributed by atoms with E-state index in [1.807, 2.05) is 38.4 Å². The molecule has 0 saturated heterocycles.